The normalized spacial score (nSPS) is 11.5. The Hall–Kier alpha value is -11.5. The summed E-state index contributed by atoms with van der Waals surface area (Å²) >= 11 is 1.81. The lowest BCUT2D eigenvalue weighted by Gasteiger charge is -2.17. The van der Waals surface area contributed by atoms with Crippen molar-refractivity contribution in [2.24, 2.45) is 0 Å². The van der Waals surface area contributed by atoms with Crippen molar-refractivity contribution < 1.29 is 0 Å². The lowest BCUT2D eigenvalue weighted by atomic mass is 9.99. The highest BCUT2D eigenvalue weighted by Gasteiger charge is 2.24. The number of thiophene rings is 1. The van der Waals surface area contributed by atoms with Gasteiger partial charge < -0.3 is 4.57 Å². The summed E-state index contributed by atoms with van der Waals surface area (Å²) in [5.74, 6) is 5.00. The zero-order chi connectivity index (χ0) is 56.9. The molecule has 86 heavy (non-hydrogen) atoms. The lowest BCUT2D eigenvalue weighted by Crippen LogP contribution is -2.04. The lowest BCUT2D eigenvalue weighted by molar-refractivity contribution is 1.06. The molecule has 11 aromatic carbocycles. The molecule has 0 N–H and O–H groups in total. The maximum Gasteiger partial charge on any atom is 0.166 e. The number of benzene rings is 11. The van der Waals surface area contributed by atoms with Crippen LogP contribution in [0.1, 0.15) is 0 Å². The molecule has 10 nitrogen and oxygen atoms in total. The van der Waals surface area contributed by atoms with Gasteiger partial charge in [0.15, 0.2) is 52.4 Å². The van der Waals surface area contributed by atoms with Crippen LogP contribution in [0, 0.1) is 0 Å². The molecule has 5 aromatic heterocycles. The highest BCUT2D eigenvalue weighted by Crippen LogP contribution is 2.44. The maximum atomic E-state index is 5.46. The number of fused-ring (bicyclic) bond motifs is 6. The molecular weight excluding hydrogens is 1070 g/mol. The Morgan fingerprint density at radius 2 is 0.558 bits per heavy atom. The average Bonchev–Trinajstić information content (AvgIpc) is 1.84. The molecule has 0 radical (unpaired) electrons. The van der Waals surface area contributed by atoms with E-state index in [2.05, 4.69) is 102 Å². The predicted octanol–water partition coefficient (Wildman–Crippen LogP) is 18.4. The molecule has 0 aliphatic heterocycles. The molecule has 0 saturated carbocycles. The first-order valence-electron chi connectivity index (χ1n) is 28.4. The van der Waals surface area contributed by atoms with Crippen molar-refractivity contribution in [1.82, 2.24) is 49.4 Å². The SMILES string of the molecule is c1ccc(-c2nc(-c3ccccc3)nc(-c3ccc4c5ccc(-c6nc(-c7ccccc7)nc(-c7ccccc7)n6)cc5n(-c5ccc(-c6cccc7c6sc6ccccc67)cc5-c5nc(-c6ccccc6)nc(-c6ccccc6)n5)c4c3)n2)cc1. The van der Waals surface area contributed by atoms with Gasteiger partial charge >= 0.3 is 0 Å². The molecule has 11 heteroatoms. The Bertz CT molecular complexity index is 4860. The first-order chi connectivity index (χ1) is 42.6. The maximum absolute atomic E-state index is 5.46. The van der Waals surface area contributed by atoms with Crippen LogP contribution >= 0.6 is 11.3 Å². The minimum absolute atomic E-state index is 0.510. The summed E-state index contributed by atoms with van der Waals surface area (Å²) in [6.45, 7) is 0. The molecule has 0 saturated heterocycles. The van der Waals surface area contributed by atoms with Gasteiger partial charge in [-0.3, -0.25) is 0 Å². The summed E-state index contributed by atoms with van der Waals surface area (Å²) in [7, 11) is 0. The van der Waals surface area contributed by atoms with Crippen LogP contribution in [0.3, 0.4) is 0 Å². The Morgan fingerprint density at radius 1 is 0.221 bits per heavy atom. The van der Waals surface area contributed by atoms with Crippen molar-refractivity contribution in [1.29, 1.82) is 0 Å². The summed E-state index contributed by atoms with van der Waals surface area (Å²) in [6.07, 6.45) is 0. The fraction of sp³-hybridized carbons (Fsp3) is 0. The molecule has 0 fully saturated rings. The Kier molecular flexibility index (Phi) is 12.5. The van der Waals surface area contributed by atoms with Gasteiger partial charge in [-0.05, 0) is 41.5 Å². The molecule has 0 amide bonds. The van der Waals surface area contributed by atoms with E-state index < -0.39 is 0 Å². The minimum Gasteiger partial charge on any atom is -0.308 e. The largest absolute Gasteiger partial charge is 0.308 e. The first kappa shape index (κ1) is 50.2. The standard InChI is InChI=1S/C75H46N10S/c1-7-22-47(23-8-1)67-76-68(48-24-9-2-10-25-48)80-73(79-67)54-38-41-57-58-42-39-55(74-81-69(49-26-11-3-12-27-49)77-70(82-74)50-28-13-4-14-29-50)46-64(58)85(63(57)45-54)62-43-40-53(56-35-21-36-60-59-34-19-20-37-65(59)86-66(56)60)44-61(62)75-83-71(51-30-15-5-16-31-51)78-72(84-75)52-32-17-6-18-33-52/h1-46H. The molecule has 16 aromatic rings. The van der Waals surface area contributed by atoms with Crippen LogP contribution in [0.4, 0.5) is 0 Å². The molecule has 0 bridgehead atoms. The molecule has 16 rings (SSSR count). The topological polar surface area (TPSA) is 121 Å². The van der Waals surface area contributed by atoms with Crippen LogP contribution < -0.4 is 0 Å². The van der Waals surface area contributed by atoms with Gasteiger partial charge in [0.2, 0.25) is 0 Å². The number of rotatable bonds is 11. The van der Waals surface area contributed by atoms with Gasteiger partial charge in [0.05, 0.1) is 16.7 Å². The summed E-state index contributed by atoms with van der Waals surface area (Å²) in [6, 6.07) is 95.5. The predicted molar refractivity (Wildman–Crippen MR) is 348 cm³/mol. The summed E-state index contributed by atoms with van der Waals surface area (Å²) in [5, 5.41) is 4.47. The average molecular weight is 1120 g/mol. The smallest absolute Gasteiger partial charge is 0.166 e. The molecule has 0 aliphatic carbocycles. The van der Waals surface area contributed by atoms with E-state index in [1.165, 1.54) is 20.2 Å². The van der Waals surface area contributed by atoms with Crippen molar-refractivity contribution in [3.05, 3.63) is 279 Å². The quantitative estimate of drug-likeness (QED) is 0.125. The van der Waals surface area contributed by atoms with Crippen molar-refractivity contribution in [3.8, 4) is 119 Å². The first-order valence-corrected chi connectivity index (χ1v) is 29.2. The van der Waals surface area contributed by atoms with Gasteiger partial charge in [-0.15, -0.1) is 11.3 Å². The van der Waals surface area contributed by atoms with Crippen LogP contribution in [0.5, 0.6) is 0 Å². The van der Waals surface area contributed by atoms with Crippen LogP contribution in [-0.4, -0.2) is 49.4 Å². The van der Waals surface area contributed by atoms with E-state index in [0.29, 0.717) is 52.4 Å². The van der Waals surface area contributed by atoms with Crippen molar-refractivity contribution >= 4 is 53.3 Å². The van der Waals surface area contributed by atoms with Gasteiger partial charge in [-0.25, -0.2) is 44.9 Å². The monoisotopic (exact) mass is 1120 g/mol. The van der Waals surface area contributed by atoms with E-state index in [-0.39, 0.29) is 0 Å². The molecule has 0 aliphatic rings. The third kappa shape index (κ3) is 9.21. The van der Waals surface area contributed by atoms with Gasteiger partial charge in [0.25, 0.3) is 0 Å². The van der Waals surface area contributed by atoms with Gasteiger partial charge in [0.1, 0.15) is 0 Å². The fourth-order valence-electron chi connectivity index (χ4n) is 11.4. The molecule has 5 heterocycles. The number of nitrogens with zero attached hydrogens (tertiary/aromatic N) is 10. The van der Waals surface area contributed by atoms with Crippen molar-refractivity contribution in [3.63, 3.8) is 0 Å². The highest BCUT2D eigenvalue weighted by atomic mass is 32.1. The molecule has 402 valence electrons. The summed E-state index contributed by atoms with van der Waals surface area (Å²) in [5.41, 5.74) is 12.5. The van der Waals surface area contributed by atoms with Gasteiger partial charge in [-0.2, -0.15) is 0 Å². The van der Waals surface area contributed by atoms with E-state index in [1.54, 1.807) is 0 Å². The molecule has 0 atom stereocenters. The third-order valence-electron chi connectivity index (χ3n) is 15.6. The number of aromatic nitrogens is 10. The number of hydrogen-bond donors (Lipinski definition) is 0. The van der Waals surface area contributed by atoms with Crippen LogP contribution in [0.15, 0.2) is 279 Å². The van der Waals surface area contributed by atoms with E-state index >= 15 is 0 Å². The van der Waals surface area contributed by atoms with E-state index in [1.807, 2.05) is 193 Å². The Morgan fingerprint density at radius 3 is 0.965 bits per heavy atom. The van der Waals surface area contributed by atoms with Crippen molar-refractivity contribution in [2.45, 2.75) is 0 Å². The van der Waals surface area contributed by atoms with Crippen LogP contribution in [0.2, 0.25) is 0 Å². The van der Waals surface area contributed by atoms with Crippen LogP contribution in [-0.2, 0) is 0 Å². The van der Waals surface area contributed by atoms with E-state index in [0.717, 1.165) is 88.7 Å². The van der Waals surface area contributed by atoms with Gasteiger partial charge in [-0.1, -0.05) is 249 Å². The van der Waals surface area contributed by atoms with Gasteiger partial charge in [0, 0.05) is 81.0 Å². The zero-order valence-corrected chi connectivity index (χ0v) is 46.8. The second-order valence-corrected chi connectivity index (χ2v) is 22.0. The van der Waals surface area contributed by atoms with Crippen LogP contribution in [0.25, 0.3) is 161 Å². The highest BCUT2D eigenvalue weighted by molar-refractivity contribution is 7.26. The third-order valence-corrected chi connectivity index (χ3v) is 16.8. The summed E-state index contributed by atoms with van der Waals surface area (Å²) < 4.78 is 4.77. The molecule has 0 unspecified atom stereocenters. The number of hydrogen-bond acceptors (Lipinski definition) is 10. The van der Waals surface area contributed by atoms with Crippen molar-refractivity contribution in [2.75, 3.05) is 0 Å². The van der Waals surface area contributed by atoms with E-state index in [9.17, 15) is 0 Å². The molecular formula is C75H46N10S. The fourth-order valence-corrected chi connectivity index (χ4v) is 12.7. The summed E-state index contributed by atoms with van der Waals surface area (Å²) in [4.78, 5) is 47.1. The second-order valence-electron chi connectivity index (χ2n) is 20.9. The van der Waals surface area contributed by atoms with E-state index in [4.69, 9.17) is 44.9 Å². The Labute approximate surface area is 498 Å². The molecule has 0 spiro atoms. The Balaban J connectivity index is 0.995. The minimum atomic E-state index is 0.510. The second kappa shape index (κ2) is 21.3. The zero-order valence-electron chi connectivity index (χ0n) is 45.9.